The van der Waals surface area contributed by atoms with Gasteiger partial charge in [-0.1, -0.05) is 12.1 Å². The molecule has 0 amide bonds. The van der Waals surface area contributed by atoms with E-state index in [4.69, 9.17) is 0 Å². The van der Waals surface area contributed by atoms with E-state index in [2.05, 4.69) is 4.72 Å². The maximum atomic E-state index is 13.7. The molecule has 1 unspecified atom stereocenters. The Kier molecular flexibility index (Phi) is 3.48. The molecule has 1 aliphatic carbocycles. The molecule has 2 rings (SSSR count). The normalized spacial score (nSPS) is 21.4. The highest BCUT2D eigenvalue weighted by Gasteiger charge is 2.34. The zero-order chi connectivity index (χ0) is 12.6. The highest BCUT2D eigenvalue weighted by Crippen LogP contribution is 2.34. The summed E-state index contributed by atoms with van der Waals surface area (Å²) in [6.45, 7) is 5.73. The number of hydrogen-bond donors (Lipinski definition) is 1. The zero-order valence-electron chi connectivity index (χ0n) is 10.4. The van der Waals surface area contributed by atoms with E-state index in [-0.39, 0.29) is 16.6 Å². The van der Waals surface area contributed by atoms with Crippen LogP contribution in [0, 0.1) is 5.82 Å². The van der Waals surface area contributed by atoms with Crippen LogP contribution in [0.3, 0.4) is 0 Å². The Morgan fingerprint density at radius 1 is 1.41 bits per heavy atom. The Balaban J connectivity index is 2.18. The molecule has 4 heteroatoms. The number of fused-ring (bicyclic) bond motifs is 1. The lowest BCUT2D eigenvalue weighted by molar-refractivity contribution is 0.513. The van der Waals surface area contributed by atoms with Crippen molar-refractivity contribution < 1.29 is 8.94 Å². The minimum atomic E-state index is -1.16. The summed E-state index contributed by atoms with van der Waals surface area (Å²) >= 11 is -1.16. The summed E-state index contributed by atoms with van der Waals surface area (Å²) in [5.41, 5.74) is 1.73. The Hall–Kier alpha value is -0.580. The molecule has 17 heavy (non-hydrogen) atoms. The summed E-state index contributed by atoms with van der Waals surface area (Å²) in [7, 11) is 0. The van der Waals surface area contributed by atoms with Gasteiger partial charge in [0.1, 0.15) is 10.6 Å². The fraction of sp³-hybridized carbons (Fsp3) is 0.538. The van der Waals surface area contributed by atoms with Crippen LogP contribution in [-0.4, -0.2) is 9.30 Å². The smallest absolute Gasteiger partial charge is 0.136 e. The Morgan fingerprint density at radius 2 is 2.12 bits per heavy atom. The number of halogens is 1. The predicted molar refractivity (Wildman–Crippen MR) is 68.5 cm³/mol. The van der Waals surface area contributed by atoms with Crippen molar-refractivity contribution in [1.29, 1.82) is 0 Å². The second-order valence-corrected chi connectivity index (χ2v) is 7.40. The van der Waals surface area contributed by atoms with Crippen LogP contribution < -0.4 is 4.72 Å². The molecule has 2 nitrogen and oxygen atoms in total. The second-order valence-electron chi connectivity index (χ2n) is 5.40. The van der Waals surface area contributed by atoms with Gasteiger partial charge in [0.25, 0.3) is 0 Å². The first kappa shape index (κ1) is 12.9. The molecule has 1 aromatic rings. The summed E-state index contributed by atoms with van der Waals surface area (Å²) in [5, 5.41) is 0. The maximum Gasteiger partial charge on any atom is 0.136 e. The first-order valence-corrected chi connectivity index (χ1v) is 7.00. The molecule has 1 aromatic carbocycles. The van der Waals surface area contributed by atoms with Gasteiger partial charge >= 0.3 is 0 Å². The Bertz CT molecular complexity index is 416. The third-order valence-electron chi connectivity index (χ3n) is 3.00. The summed E-state index contributed by atoms with van der Waals surface area (Å²) in [5.74, 6) is -0.191. The quantitative estimate of drug-likeness (QED) is 0.825. The maximum absolute atomic E-state index is 13.7. The van der Waals surface area contributed by atoms with Gasteiger partial charge in [-0.2, -0.15) is 0 Å². The van der Waals surface area contributed by atoms with Gasteiger partial charge in [0, 0.05) is 16.9 Å². The molecule has 0 heterocycles. The first-order chi connectivity index (χ1) is 7.89. The summed E-state index contributed by atoms with van der Waals surface area (Å²) in [6, 6.07) is 5.03. The van der Waals surface area contributed by atoms with E-state index in [1.807, 2.05) is 26.8 Å². The van der Waals surface area contributed by atoms with Gasteiger partial charge < -0.3 is 4.55 Å². The molecule has 0 saturated heterocycles. The fourth-order valence-electron chi connectivity index (χ4n) is 2.06. The van der Waals surface area contributed by atoms with Crippen LogP contribution in [0.15, 0.2) is 18.2 Å². The number of nitrogens with one attached hydrogen (secondary N) is 1. The molecule has 0 aromatic heterocycles. The Morgan fingerprint density at radius 3 is 2.76 bits per heavy atom. The van der Waals surface area contributed by atoms with Crippen molar-refractivity contribution >= 4 is 11.4 Å². The topological polar surface area (TPSA) is 35.1 Å². The number of aryl methyl sites for hydroxylation is 1. The van der Waals surface area contributed by atoms with Crippen LogP contribution in [0.2, 0.25) is 0 Å². The van der Waals surface area contributed by atoms with Crippen LogP contribution in [0.1, 0.15) is 44.4 Å². The molecule has 0 saturated carbocycles. The lowest BCUT2D eigenvalue weighted by Gasteiger charge is -2.26. The van der Waals surface area contributed by atoms with Gasteiger partial charge in [-0.15, -0.1) is 4.72 Å². The molecule has 2 atom stereocenters. The molecule has 0 spiro atoms. The number of benzene rings is 1. The largest absolute Gasteiger partial charge is 0.598 e. The van der Waals surface area contributed by atoms with Crippen LogP contribution in [-0.2, 0) is 17.8 Å². The van der Waals surface area contributed by atoms with E-state index >= 15 is 0 Å². The van der Waals surface area contributed by atoms with Crippen molar-refractivity contribution in [3.63, 3.8) is 0 Å². The summed E-state index contributed by atoms with van der Waals surface area (Å²) in [4.78, 5) is 0. The van der Waals surface area contributed by atoms with Crippen molar-refractivity contribution in [3.05, 3.63) is 35.1 Å². The van der Waals surface area contributed by atoms with Crippen molar-refractivity contribution in [2.45, 2.75) is 44.4 Å². The third-order valence-corrected chi connectivity index (χ3v) is 4.61. The minimum absolute atomic E-state index is 0.119. The van der Waals surface area contributed by atoms with Gasteiger partial charge in [-0.25, -0.2) is 4.39 Å². The van der Waals surface area contributed by atoms with Gasteiger partial charge in [0.2, 0.25) is 0 Å². The fourth-order valence-corrected chi connectivity index (χ4v) is 2.91. The van der Waals surface area contributed by atoms with Gasteiger partial charge in [0.15, 0.2) is 0 Å². The standard InChI is InChI=1S/C13H18FNOS/c1-13(2,3)17(16)15-11-8-7-9-5-4-6-10(14)12(9)11/h4-6,11,15H,7-8H2,1-3H3/t11-,17?/m0/s1. The SMILES string of the molecule is CC(C)(C)[S+]([O-])N[C@H]1CCc2cccc(F)c21. The van der Waals surface area contributed by atoms with Crippen LogP contribution in [0.4, 0.5) is 4.39 Å². The molecule has 0 aliphatic heterocycles. The van der Waals surface area contributed by atoms with E-state index in [1.165, 1.54) is 6.07 Å². The molecule has 0 bridgehead atoms. The minimum Gasteiger partial charge on any atom is -0.598 e. The monoisotopic (exact) mass is 255 g/mol. The average molecular weight is 255 g/mol. The molecular formula is C13H18FNOS. The summed E-state index contributed by atoms with van der Waals surface area (Å²) in [6.07, 6.45) is 1.67. The Labute approximate surface area is 105 Å². The second kappa shape index (κ2) is 4.59. The lowest BCUT2D eigenvalue weighted by Crippen LogP contribution is -2.40. The highest BCUT2D eigenvalue weighted by atomic mass is 32.2. The van der Waals surface area contributed by atoms with Crippen molar-refractivity contribution in [2.24, 2.45) is 0 Å². The van der Waals surface area contributed by atoms with Gasteiger partial charge in [0.05, 0.1) is 6.04 Å². The van der Waals surface area contributed by atoms with Crippen LogP contribution in [0.25, 0.3) is 0 Å². The third kappa shape index (κ3) is 2.64. The van der Waals surface area contributed by atoms with E-state index in [0.717, 1.165) is 18.4 Å². The van der Waals surface area contributed by atoms with Crippen LogP contribution >= 0.6 is 0 Å². The predicted octanol–water partition coefficient (Wildman–Crippen LogP) is 2.86. The highest BCUT2D eigenvalue weighted by molar-refractivity contribution is 7.90. The van der Waals surface area contributed by atoms with E-state index in [0.29, 0.717) is 5.56 Å². The average Bonchev–Trinajstić information content (AvgIpc) is 2.61. The van der Waals surface area contributed by atoms with Gasteiger partial charge in [-0.05, 0) is 45.2 Å². The first-order valence-electron chi connectivity index (χ1n) is 5.85. The molecule has 0 radical (unpaired) electrons. The number of hydrogen-bond acceptors (Lipinski definition) is 2. The van der Waals surface area contributed by atoms with E-state index in [1.54, 1.807) is 6.07 Å². The van der Waals surface area contributed by atoms with Crippen molar-refractivity contribution in [2.75, 3.05) is 0 Å². The van der Waals surface area contributed by atoms with Crippen molar-refractivity contribution in [1.82, 2.24) is 4.72 Å². The number of rotatable bonds is 2. The van der Waals surface area contributed by atoms with E-state index < -0.39 is 11.4 Å². The van der Waals surface area contributed by atoms with Gasteiger partial charge in [-0.3, -0.25) is 0 Å². The zero-order valence-corrected chi connectivity index (χ0v) is 11.2. The lowest BCUT2D eigenvalue weighted by atomic mass is 10.1. The molecular weight excluding hydrogens is 237 g/mol. The summed E-state index contributed by atoms with van der Waals surface area (Å²) < 4.78 is 28.5. The molecule has 0 fully saturated rings. The van der Waals surface area contributed by atoms with Crippen LogP contribution in [0.5, 0.6) is 0 Å². The molecule has 1 aliphatic rings. The van der Waals surface area contributed by atoms with Crippen molar-refractivity contribution in [3.8, 4) is 0 Å². The molecule has 1 N–H and O–H groups in total. The molecule has 94 valence electrons. The van der Waals surface area contributed by atoms with E-state index in [9.17, 15) is 8.94 Å².